The van der Waals surface area contributed by atoms with Gasteiger partial charge in [-0.1, -0.05) is 0 Å². The minimum Gasteiger partial charge on any atom is -0.394 e. The van der Waals surface area contributed by atoms with E-state index >= 15 is 0 Å². The van der Waals surface area contributed by atoms with Crippen LogP contribution in [0.25, 0.3) is 4.96 Å². The van der Waals surface area contributed by atoms with Crippen LogP contribution in [0.3, 0.4) is 0 Å². The highest BCUT2D eigenvalue weighted by molar-refractivity contribution is 7.15. The van der Waals surface area contributed by atoms with E-state index in [1.165, 1.54) is 15.9 Å². The third-order valence-electron chi connectivity index (χ3n) is 2.96. The molecule has 1 aliphatic heterocycles. The second-order valence-corrected chi connectivity index (χ2v) is 4.92. The molecule has 3 rings (SSSR count). The lowest BCUT2D eigenvalue weighted by Gasteiger charge is -2.12. The molecule has 5 N–H and O–H groups in total. The molecule has 0 bridgehead atoms. The molecule has 1 saturated heterocycles. The van der Waals surface area contributed by atoms with Crippen LogP contribution in [-0.2, 0) is 4.74 Å². The lowest BCUT2D eigenvalue weighted by atomic mass is 10.1. The highest BCUT2D eigenvalue weighted by Crippen LogP contribution is 2.35. The number of anilines is 1. The molecular weight excluding hydrogens is 260 g/mol. The summed E-state index contributed by atoms with van der Waals surface area (Å²) in [6.07, 6.45) is -3.81. The van der Waals surface area contributed by atoms with Gasteiger partial charge in [-0.3, -0.25) is 0 Å². The molecule has 4 atom stereocenters. The summed E-state index contributed by atoms with van der Waals surface area (Å²) in [6.45, 7) is -0.360. The van der Waals surface area contributed by atoms with Crippen LogP contribution in [0.1, 0.15) is 11.8 Å². The Labute approximate surface area is 105 Å². The van der Waals surface area contributed by atoms with E-state index in [-0.39, 0.29) is 12.6 Å². The molecule has 2 aromatic heterocycles. The molecule has 98 valence electrons. The van der Waals surface area contributed by atoms with E-state index in [4.69, 9.17) is 15.6 Å². The van der Waals surface area contributed by atoms with Crippen molar-refractivity contribution in [3.05, 3.63) is 11.1 Å². The average Bonchev–Trinajstić information content (AvgIpc) is 2.95. The van der Waals surface area contributed by atoms with Gasteiger partial charge in [0.1, 0.15) is 24.4 Å². The van der Waals surface area contributed by atoms with E-state index < -0.39 is 24.4 Å². The van der Waals surface area contributed by atoms with E-state index in [1.807, 2.05) is 0 Å². The van der Waals surface area contributed by atoms with Gasteiger partial charge in [0.2, 0.25) is 10.9 Å². The Balaban J connectivity index is 1.99. The quantitative estimate of drug-likeness (QED) is 0.525. The molecule has 0 aromatic carbocycles. The van der Waals surface area contributed by atoms with Gasteiger partial charge in [-0.05, 0) is 0 Å². The van der Waals surface area contributed by atoms with Crippen molar-refractivity contribution in [2.45, 2.75) is 24.4 Å². The van der Waals surface area contributed by atoms with E-state index in [1.54, 1.807) is 5.38 Å². The van der Waals surface area contributed by atoms with Gasteiger partial charge in [-0.25, -0.2) is 4.52 Å². The first kappa shape index (κ1) is 11.8. The SMILES string of the molecule is Nc1nc2scc([C@@H]3O[C@H](CO)[C@@H](O)[C@H]3O)n2n1. The first-order valence-electron chi connectivity index (χ1n) is 5.34. The standard InChI is InChI=1S/C9H12N4O4S/c10-8-11-9-13(12-8)3(2-18-9)7-6(16)5(15)4(1-14)17-7/h2,4-7,14-16H,1H2,(H2,10,12)/t4-,5-,6-,7+/m1/s1. The van der Waals surface area contributed by atoms with Crippen LogP contribution in [0.5, 0.6) is 0 Å². The van der Waals surface area contributed by atoms with Crippen LogP contribution in [0.15, 0.2) is 5.38 Å². The smallest absolute Gasteiger partial charge is 0.241 e. The van der Waals surface area contributed by atoms with Crippen LogP contribution in [0.4, 0.5) is 5.95 Å². The molecule has 0 saturated carbocycles. The van der Waals surface area contributed by atoms with Gasteiger partial charge in [0, 0.05) is 5.38 Å². The number of aliphatic hydroxyl groups is 3. The molecule has 0 unspecified atom stereocenters. The monoisotopic (exact) mass is 272 g/mol. The zero-order chi connectivity index (χ0) is 12.9. The van der Waals surface area contributed by atoms with Crippen molar-refractivity contribution in [3.8, 4) is 0 Å². The van der Waals surface area contributed by atoms with Crippen LogP contribution in [0.2, 0.25) is 0 Å². The lowest BCUT2D eigenvalue weighted by Crippen LogP contribution is -2.32. The summed E-state index contributed by atoms with van der Waals surface area (Å²) in [5.74, 6) is 0.134. The minimum absolute atomic E-state index is 0.134. The first-order chi connectivity index (χ1) is 8.61. The Hall–Kier alpha value is -1.26. The number of thiazole rings is 1. The number of nitrogens with zero attached hydrogens (tertiary/aromatic N) is 3. The molecule has 0 amide bonds. The molecule has 0 aliphatic carbocycles. The number of aliphatic hydroxyl groups excluding tert-OH is 3. The number of rotatable bonds is 2. The van der Waals surface area contributed by atoms with Gasteiger partial charge in [0.15, 0.2) is 0 Å². The highest BCUT2D eigenvalue weighted by Gasteiger charge is 2.44. The van der Waals surface area contributed by atoms with E-state index in [2.05, 4.69) is 10.1 Å². The maximum Gasteiger partial charge on any atom is 0.241 e. The normalized spacial score (nSPS) is 32.4. The maximum atomic E-state index is 9.92. The summed E-state index contributed by atoms with van der Waals surface area (Å²) in [7, 11) is 0. The number of hydrogen-bond acceptors (Lipinski definition) is 8. The summed E-state index contributed by atoms with van der Waals surface area (Å²) in [5.41, 5.74) is 6.05. The zero-order valence-corrected chi connectivity index (χ0v) is 9.99. The molecule has 0 spiro atoms. The van der Waals surface area contributed by atoms with Gasteiger partial charge in [-0.2, -0.15) is 4.98 Å². The molecule has 2 aromatic rings. The predicted molar refractivity (Wildman–Crippen MR) is 62.0 cm³/mol. The Bertz CT molecular complexity index is 570. The second kappa shape index (κ2) is 4.14. The van der Waals surface area contributed by atoms with Crippen molar-refractivity contribution >= 4 is 22.2 Å². The molecule has 1 aliphatic rings. The Kier molecular flexibility index (Phi) is 2.72. The fourth-order valence-corrected chi connectivity index (χ4v) is 2.90. The summed E-state index contributed by atoms with van der Waals surface area (Å²) in [5, 5.41) is 34.4. The van der Waals surface area contributed by atoms with E-state index in [0.717, 1.165) is 0 Å². The Morgan fingerprint density at radius 2 is 2.22 bits per heavy atom. The van der Waals surface area contributed by atoms with Gasteiger partial charge in [-0.15, -0.1) is 16.4 Å². The van der Waals surface area contributed by atoms with Crippen molar-refractivity contribution in [3.63, 3.8) is 0 Å². The van der Waals surface area contributed by atoms with Gasteiger partial charge >= 0.3 is 0 Å². The van der Waals surface area contributed by atoms with Crippen molar-refractivity contribution in [2.75, 3.05) is 12.3 Å². The second-order valence-electron chi connectivity index (χ2n) is 4.08. The summed E-state index contributed by atoms with van der Waals surface area (Å²) in [4.78, 5) is 4.57. The molecular formula is C9H12N4O4S. The number of hydrogen-bond donors (Lipinski definition) is 4. The van der Waals surface area contributed by atoms with Crippen LogP contribution >= 0.6 is 11.3 Å². The van der Waals surface area contributed by atoms with Crippen LogP contribution in [0, 0.1) is 0 Å². The molecule has 3 heterocycles. The van der Waals surface area contributed by atoms with Crippen molar-refractivity contribution < 1.29 is 20.1 Å². The number of nitrogens with two attached hydrogens (primary N) is 1. The van der Waals surface area contributed by atoms with Crippen LogP contribution in [-0.4, -0.2) is 54.8 Å². The largest absolute Gasteiger partial charge is 0.394 e. The maximum absolute atomic E-state index is 9.92. The first-order valence-corrected chi connectivity index (χ1v) is 6.22. The van der Waals surface area contributed by atoms with Gasteiger partial charge in [0.05, 0.1) is 12.3 Å². The number of ether oxygens (including phenoxy) is 1. The molecule has 18 heavy (non-hydrogen) atoms. The lowest BCUT2D eigenvalue weighted by molar-refractivity contribution is -0.0243. The summed E-state index contributed by atoms with van der Waals surface area (Å²) >= 11 is 1.31. The molecule has 8 nitrogen and oxygen atoms in total. The van der Waals surface area contributed by atoms with E-state index in [0.29, 0.717) is 10.7 Å². The molecule has 9 heteroatoms. The van der Waals surface area contributed by atoms with Crippen molar-refractivity contribution in [2.24, 2.45) is 0 Å². The topological polar surface area (TPSA) is 126 Å². The third kappa shape index (κ3) is 1.60. The van der Waals surface area contributed by atoms with Gasteiger partial charge in [0.25, 0.3) is 0 Å². The third-order valence-corrected chi connectivity index (χ3v) is 3.79. The van der Waals surface area contributed by atoms with Gasteiger partial charge < -0.3 is 25.8 Å². The number of nitrogen functional groups attached to an aromatic ring is 1. The number of aromatic nitrogens is 3. The Morgan fingerprint density at radius 3 is 2.89 bits per heavy atom. The van der Waals surface area contributed by atoms with Crippen molar-refractivity contribution in [1.82, 2.24) is 14.6 Å². The summed E-state index contributed by atoms with van der Waals surface area (Å²) < 4.78 is 6.90. The average molecular weight is 272 g/mol. The minimum atomic E-state index is -1.13. The Morgan fingerprint density at radius 1 is 1.44 bits per heavy atom. The fourth-order valence-electron chi connectivity index (χ4n) is 2.05. The zero-order valence-electron chi connectivity index (χ0n) is 9.17. The number of fused-ring (bicyclic) bond motifs is 1. The molecule has 0 radical (unpaired) electrons. The predicted octanol–water partition coefficient (Wildman–Crippen LogP) is -1.47. The fraction of sp³-hybridized carbons (Fsp3) is 0.556. The highest BCUT2D eigenvalue weighted by atomic mass is 32.1. The molecule has 1 fully saturated rings. The van der Waals surface area contributed by atoms with Crippen molar-refractivity contribution in [1.29, 1.82) is 0 Å². The van der Waals surface area contributed by atoms with E-state index in [9.17, 15) is 10.2 Å². The van der Waals surface area contributed by atoms with Crippen LogP contribution < -0.4 is 5.73 Å². The summed E-state index contributed by atoms with van der Waals surface area (Å²) in [6, 6.07) is 0.